The van der Waals surface area contributed by atoms with E-state index >= 15 is 0 Å². The molecule has 3 heteroatoms. The highest BCUT2D eigenvalue weighted by atomic mass is 16.1. The molecule has 5 aromatic rings. The molecule has 1 aliphatic rings. The van der Waals surface area contributed by atoms with E-state index in [0.29, 0.717) is 0 Å². The molecule has 0 fully saturated rings. The Morgan fingerprint density at radius 2 is 1.91 bits per heavy atom. The second kappa shape index (κ2) is 7.31. The van der Waals surface area contributed by atoms with Crippen LogP contribution in [0.5, 0.6) is 0 Å². The minimum Gasteiger partial charge on any atom is -0.313 e. The Bertz CT molecular complexity index is 1560. The third-order valence-electron chi connectivity index (χ3n) is 6.51. The van der Waals surface area contributed by atoms with E-state index in [-0.39, 0.29) is 0 Å². The largest absolute Gasteiger partial charge is 0.313 e. The third-order valence-corrected chi connectivity index (χ3v) is 6.51. The molecular weight excluding hydrogens is 392 g/mol. The van der Waals surface area contributed by atoms with Gasteiger partial charge >= 0.3 is 0 Å². The molecule has 0 unspecified atom stereocenters. The molecular formula is C29H22N2O. The van der Waals surface area contributed by atoms with Gasteiger partial charge in [0.2, 0.25) is 0 Å². The Labute approximate surface area is 186 Å². The molecule has 1 aliphatic carbocycles. The van der Waals surface area contributed by atoms with Crippen molar-refractivity contribution in [2.45, 2.75) is 19.8 Å². The van der Waals surface area contributed by atoms with Crippen molar-refractivity contribution in [2.24, 2.45) is 0 Å². The number of aryl methyl sites for hydroxylation is 1. The van der Waals surface area contributed by atoms with E-state index in [4.69, 9.17) is 4.98 Å². The monoisotopic (exact) mass is 414 g/mol. The average Bonchev–Trinajstić information content (AvgIpc) is 3.18. The molecule has 0 saturated carbocycles. The highest BCUT2D eigenvalue weighted by Crippen LogP contribution is 2.40. The number of aromatic nitrogens is 2. The molecule has 6 rings (SSSR count). The second-order valence-electron chi connectivity index (χ2n) is 8.41. The van der Waals surface area contributed by atoms with Crippen molar-refractivity contribution in [3.63, 3.8) is 0 Å². The van der Waals surface area contributed by atoms with Gasteiger partial charge in [-0.1, -0.05) is 42.5 Å². The van der Waals surface area contributed by atoms with Crippen LogP contribution in [0.2, 0.25) is 0 Å². The highest BCUT2D eigenvalue weighted by molar-refractivity contribution is 6.04. The topological polar surface area (TPSA) is 34.9 Å². The van der Waals surface area contributed by atoms with Crippen molar-refractivity contribution >= 4 is 34.2 Å². The van der Waals surface area contributed by atoms with Gasteiger partial charge in [0.1, 0.15) is 6.29 Å². The molecule has 0 saturated heterocycles. The zero-order chi connectivity index (χ0) is 21.7. The molecule has 32 heavy (non-hydrogen) atoms. The summed E-state index contributed by atoms with van der Waals surface area (Å²) in [6.45, 7) is 2.00. The second-order valence-corrected chi connectivity index (χ2v) is 8.41. The quantitative estimate of drug-likeness (QED) is 0.300. The number of allylic oxidation sites excluding steroid dienone is 1. The summed E-state index contributed by atoms with van der Waals surface area (Å²) in [5, 5.41) is 2.40. The van der Waals surface area contributed by atoms with Crippen LogP contribution in [0.3, 0.4) is 0 Å². The summed E-state index contributed by atoms with van der Waals surface area (Å²) in [6.07, 6.45) is 9.46. The fourth-order valence-corrected chi connectivity index (χ4v) is 4.95. The molecule has 0 radical (unpaired) electrons. The third kappa shape index (κ3) is 2.82. The Morgan fingerprint density at radius 3 is 2.78 bits per heavy atom. The molecule has 0 bridgehead atoms. The van der Waals surface area contributed by atoms with Crippen molar-refractivity contribution in [3.8, 4) is 16.8 Å². The summed E-state index contributed by atoms with van der Waals surface area (Å²) in [4.78, 5) is 16.1. The number of fused-ring (bicyclic) bond motifs is 4. The minimum absolute atomic E-state index is 0.738. The van der Waals surface area contributed by atoms with Crippen LogP contribution in [0, 0.1) is 6.92 Å². The SMILES string of the molecule is Cc1cc(-n2c3c(c4c(-c5cnc6ccccc6c5)cccc42)C=CCC3)ccc1C=O. The lowest BCUT2D eigenvalue weighted by atomic mass is 9.96. The molecule has 154 valence electrons. The van der Waals surface area contributed by atoms with Crippen LogP contribution in [0.25, 0.3) is 44.7 Å². The maximum Gasteiger partial charge on any atom is 0.150 e. The first-order chi connectivity index (χ1) is 15.7. The van der Waals surface area contributed by atoms with Crippen molar-refractivity contribution in [3.05, 3.63) is 101 Å². The predicted molar refractivity (Wildman–Crippen MR) is 131 cm³/mol. The van der Waals surface area contributed by atoms with E-state index < -0.39 is 0 Å². The number of rotatable bonds is 3. The summed E-state index contributed by atoms with van der Waals surface area (Å²) in [6, 6.07) is 23.1. The summed E-state index contributed by atoms with van der Waals surface area (Å²) < 4.78 is 2.37. The molecule has 0 spiro atoms. The fourth-order valence-electron chi connectivity index (χ4n) is 4.95. The summed E-state index contributed by atoms with van der Waals surface area (Å²) >= 11 is 0. The molecule has 0 aliphatic heterocycles. The first-order valence-electron chi connectivity index (χ1n) is 11.0. The number of carbonyl (C=O) groups excluding carboxylic acids is 1. The smallest absolute Gasteiger partial charge is 0.150 e. The molecule has 3 nitrogen and oxygen atoms in total. The Kier molecular flexibility index (Phi) is 4.29. The summed E-state index contributed by atoms with van der Waals surface area (Å²) in [5.41, 5.74) is 9.96. The number of hydrogen-bond acceptors (Lipinski definition) is 2. The number of hydrogen-bond donors (Lipinski definition) is 0. The Morgan fingerprint density at radius 1 is 1.00 bits per heavy atom. The van der Waals surface area contributed by atoms with Crippen molar-refractivity contribution in [1.29, 1.82) is 0 Å². The van der Waals surface area contributed by atoms with E-state index in [9.17, 15) is 4.79 Å². The van der Waals surface area contributed by atoms with E-state index in [1.54, 1.807) is 0 Å². The zero-order valence-electron chi connectivity index (χ0n) is 17.9. The van der Waals surface area contributed by atoms with Crippen molar-refractivity contribution < 1.29 is 4.79 Å². The van der Waals surface area contributed by atoms with Gasteiger partial charge in [0.05, 0.1) is 11.0 Å². The molecule has 3 aromatic carbocycles. The van der Waals surface area contributed by atoms with Crippen LogP contribution in [0.4, 0.5) is 0 Å². The van der Waals surface area contributed by atoms with Crippen molar-refractivity contribution in [1.82, 2.24) is 9.55 Å². The molecule has 2 heterocycles. The number of para-hydroxylation sites is 1. The van der Waals surface area contributed by atoms with E-state index in [1.165, 1.54) is 27.7 Å². The van der Waals surface area contributed by atoms with Gasteiger partial charge in [0.25, 0.3) is 0 Å². The number of pyridine rings is 1. The van der Waals surface area contributed by atoms with Gasteiger partial charge in [-0.05, 0) is 67.3 Å². The van der Waals surface area contributed by atoms with Crippen LogP contribution >= 0.6 is 0 Å². The van der Waals surface area contributed by atoms with Crippen LogP contribution in [0.1, 0.15) is 33.6 Å². The van der Waals surface area contributed by atoms with E-state index in [1.807, 2.05) is 31.3 Å². The summed E-state index contributed by atoms with van der Waals surface area (Å²) in [7, 11) is 0. The number of carbonyl (C=O) groups is 1. The first kappa shape index (κ1) is 18.8. The Balaban J connectivity index is 1.65. The number of aldehydes is 1. The normalized spacial score (nSPS) is 12.9. The van der Waals surface area contributed by atoms with E-state index in [0.717, 1.165) is 52.4 Å². The highest BCUT2D eigenvalue weighted by Gasteiger charge is 2.21. The van der Waals surface area contributed by atoms with Gasteiger partial charge in [-0.25, -0.2) is 0 Å². The van der Waals surface area contributed by atoms with Gasteiger partial charge in [-0.15, -0.1) is 0 Å². The first-order valence-corrected chi connectivity index (χ1v) is 11.0. The lowest BCUT2D eigenvalue weighted by molar-refractivity contribution is 0.112. The van der Waals surface area contributed by atoms with Gasteiger partial charge < -0.3 is 4.57 Å². The maximum absolute atomic E-state index is 11.3. The van der Waals surface area contributed by atoms with Crippen molar-refractivity contribution in [2.75, 3.05) is 0 Å². The zero-order valence-corrected chi connectivity index (χ0v) is 17.9. The minimum atomic E-state index is 0.738. The fraction of sp³-hybridized carbons (Fsp3) is 0.103. The number of nitrogens with zero attached hydrogens (tertiary/aromatic N) is 2. The lowest BCUT2D eigenvalue weighted by Gasteiger charge is -2.14. The van der Waals surface area contributed by atoms with Gasteiger partial charge in [0, 0.05) is 45.0 Å². The van der Waals surface area contributed by atoms with Crippen LogP contribution in [-0.4, -0.2) is 15.8 Å². The molecule has 0 amide bonds. The standard InChI is InChI=1S/C29H22N2O/c1-19-15-23(14-13-21(19)18-32)31-27-11-5-3-8-25(27)29-24(9-6-12-28(29)31)22-16-20-7-2-4-10-26(20)30-17-22/h2-4,6-10,12-18H,5,11H2,1H3. The summed E-state index contributed by atoms with van der Waals surface area (Å²) in [5.74, 6) is 0. The molecule has 0 atom stereocenters. The average molecular weight is 415 g/mol. The maximum atomic E-state index is 11.3. The Hall–Kier alpha value is -3.98. The number of benzene rings is 3. The van der Waals surface area contributed by atoms with Crippen LogP contribution in [0.15, 0.2) is 79.0 Å². The molecule has 2 aromatic heterocycles. The van der Waals surface area contributed by atoms with E-state index in [2.05, 4.69) is 65.3 Å². The van der Waals surface area contributed by atoms with Crippen LogP contribution < -0.4 is 0 Å². The van der Waals surface area contributed by atoms with Gasteiger partial charge in [0.15, 0.2) is 0 Å². The predicted octanol–water partition coefficient (Wildman–Crippen LogP) is 6.93. The molecule has 0 N–H and O–H groups in total. The lowest BCUT2D eigenvalue weighted by Crippen LogP contribution is -2.03. The van der Waals surface area contributed by atoms with Gasteiger partial charge in [-0.2, -0.15) is 0 Å². The van der Waals surface area contributed by atoms with Crippen LogP contribution in [-0.2, 0) is 6.42 Å². The van der Waals surface area contributed by atoms with Gasteiger partial charge in [-0.3, -0.25) is 9.78 Å².